The summed E-state index contributed by atoms with van der Waals surface area (Å²) in [5.74, 6) is 0. The second-order valence-electron chi connectivity index (χ2n) is 3.96. The zero-order valence-electron chi connectivity index (χ0n) is 10.4. The van der Waals surface area contributed by atoms with E-state index in [1.807, 2.05) is 35.2 Å². The Kier molecular flexibility index (Phi) is 7.36. The lowest BCUT2D eigenvalue weighted by molar-refractivity contribution is 0.0242. The number of benzene rings is 1. The maximum Gasteiger partial charge on any atom is 0.0948 e. The molecule has 0 aliphatic rings. The third-order valence-corrected chi connectivity index (χ3v) is 2.47. The van der Waals surface area contributed by atoms with E-state index in [1.54, 1.807) is 0 Å². The van der Waals surface area contributed by atoms with Gasteiger partial charge in [0.15, 0.2) is 0 Å². The van der Waals surface area contributed by atoms with Crippen molar-refractivity contribution in [2.75, 3.05) is 44.4 Å². The van der Waals surface area contributed by atoms with Gasteiger partial charge in [0.05, 0.1) is 32.5 Å². The SMILES string of the molecule is OCCOCC(O)CN(CCO)c1ccccc1. The van der Waals surface area contributed by atoms with Gasteiger partial charge in [-0.1, -0.05) is 18.2 Å². The van der Waals surface area contributed by atoms with E-state index in [9.17, 15) is 5.11 Å². The molecule has 1 aromatic carbocycles. The highest BCUT2D eigenvalue weighted by molar-refractivity contribution is 5.46. The molecule has 0 bridgehead atoms. The van der Waals surface area contributed by atoms with Crippen LogP contribution in [0.15, 0.2) is 30.3 Å². The molecule has 0 radical (unpaired) electrons. The van der Waals surface area contributed by atoms with E-state index < -0.39 is 6.10 Å². The van der Waals surface area contributed by atoms with Crippen LogP contribution in [0, 0.1) is 0 Å². The highest BCUT2D eigenvalue weighted by atomic mass is 16.5. The summed E-state index contributed by atoms with van der Waals surface area (Å²) in [6.45, 7) is 1.22. The second-order valence-corrected chi connectivity index (χ2v) is 3.96. The molecule has 102 valence electrons. The minimum atomic E-state index is -0.650. The molecule has 0 saturated heterocycles. The third kappa shape index (κ3) is 5.46. The molecule has 1 rings (SSSR count). The molecule has 0 aliphatic heterocycles. The molecule has 0 heterocycles. The lowest BCUT2D eigenvalue weighted by atomic mass is 10.2. The van der Waals surface area contributed by atoms with Crippen molar-refractivity contribution in [1.29, 1.82) is 0 Å². The van der Waals surface area contributed by atoms with Gasteiger partial charge in [-0.3, -0.25) is 0 Å². The zero-order valence-corrected chi connectivity index (χ0v) is 10.4. The smallest absolute Gasteiger partial charge is 0.0948 e. The van der Waals surface area contributed by atoms with Crippen LogP contribution < -0.4 is 4.90 Å². The number of nitrogens with zero attached hydrogens (tertiary/aromatic N) is 1. The first kappa shape index (κ1) is 14.9. The van der Waals surface area contributed by atoms with Gasteiger partial charge in [-0.05, 0) is 12.1 Å². The first-order valence-electron chi connectivity index (χ1n) is 6.05. The van der Waals surface area contributed by atoms with Crippen molar-refractivity contribution in [1.82, 2.24) is 0 Å². The van der Waals surface area contributed by atoms with E-state index in [2.05, 4.69) is 0 Å². The normalized spacial score (nSPS) is 12.4. The minimum Gasteiger partial charge on any atom is -0.395 e. The highest BCUT2D eigenvalue weighted by Gasteiger charge is 2.12. The summed E-state index contributed by atoms with van der Waals surface area (Å²) in [5.41, 5.74) is 0.952. The average molecular weight is 255 g/mol. The minimum absolute atomic E-state index is 0.0269. The fraction of sp³-hybridized carbons (Fsp3) is 0.538. The molecular formula is C13H21NO4. The van der Waals surface area contributed by atoms with Gasteiger partial charge in [0, 0.05) is 18.8 Å². The molecule has 0 spiro atoms. The van der Waals surface area contributed by atoms with Gasteiger partial charge in [-0.2, -0.15) is 0 Å². The van der Waals surface area contributed by atoms with E-state index in [-0.39, 0.29) is 26.4 Å². The number of hydrogen-bond acceptors (Lipinski definition) is 5. The standard InChI is InChI=1S/C13H21NO4/c15-7-6-14(12-4-2-1-3-5-12)10-13(17)11-18-9-8-16/h1-5,13,15-17H,6-11H2. The second kappa shape index (κ2) is 8.88. The lowest BCUT2D eigenvalue weighted by Gasteiger charge is -2.26. The molecule has 0 amide bonds. The summed E-state index contributed by atoms with van der Waals surface area (Å²) < 4.78 is 5.07. The monoisotopic (exact) mass is 255 g/mol. The Hall–Kier alpha value is -1.14. The number of aliphatic hydroxyl groups excluding tert-OH is 3. The van der Waals surface area contributed by atoms with Crippen LogP contribution in [0.4, 0.5) is 5.69 Å². The van der Waals surface area contributed by atoms with Crippen molar-refractivity contribution in [2.45, 2.75) is 6.10 Å². The largest absolute Gasteiger partial charge is 0.395 e. The Morgan fingerprint density at radius 1 is 1.11 bits per heavy atom. The van der Waals surface area contributed by atoms with Crippen LogP contribution >= 0.6 is 0 Å². The van der Waals surface area contributed by atoms with Crippen molar-refractivity contribution in [3.8, 4) is 0 Å². The fourth-order valence-corrected chi connectivity index (χ4v) is 1.68. The fourth-order valence-electron chi connectivity index (χ4n) is 1.68. The third-order valence-electron chi connectivity index (χ3n) is 2.47. The first-order valence-corrected chi connectivity index (χ1v) is 6.05. The Bertz CT molecular complexity index is 307. The maximum absolute atomic E-state index is 9.80. The Balaban J connectivity index is 2.47. The van der Waals surface area contributed by atoms with Gasteiger partial charge in [-0.25, -0.2) is 0 Å². The topological polar surface area (TPSA) is 73.2 Å². The van der Waals surface area contributed by atoms with Gasteiger partial charge in [0.2, 0.25) is 0 Å². The Morgan fingerprint density at radius 3 is 2.44 bits per heavy atom. The number of ether oxygens (including phenoxy) is 1. The molecule has 18 heavy (non-hydrogen) atoms. The Labute approximate surface area is 107 Å². The van der Waals surface area contributed by atoms with Crippen molar-refractivity contribution in [3.63, 3.8) is 0 Å². The van der Waals surface area contributed by atoms with Crippen LogP contribution in [0.3, 0.4) is 0 Å². The molecule has 1 unspecified atom stereocenters. The number of para-hydroxylation sites is 1. The van der Waals surface area contributed by atoms with Gasteiger partial charge >= 0.3 is 0 Å². The summed E-state index contributed by atoms with van der Waals surface area (Å²) in [4.78, 5) is 1.90. The lowest BCUT2D eigenvalue weighted by Crippen LogP contribution is -2.37. The predicted molar refractivity (Wildman–Crippen MR) is 69.7 cm³/mol. The number of hydrogen-bond donors (Lipinski definition) is 3. The van der Waals surface area contributed by atoms with Crippen LogP contribution in [0.25, 0.3) is 0 Å². The first-order chi connectivity index (χ1) is 8.77. The molecule has 1 atom stereocenters. The molecule has 3 N–H and O–H groups in total. The molecule has 0 aromatic heterocycles. The Morgan fingerprint density at radius 2 is 1.83 bits per heavy atom. The van der Waals surface area contributed by atoms with Gasteiger partial charge < -0.3 is 25.0 Å². The van der Waals surface area contributed by atoms with Crippen LogP contribution in [-0.4, -0.2) is 60.9 Å². The van der Waals surface area contributed by atoms with Crippen LogP contribution in [0.5, 0.6) is 0 Å². The summed E-state index contributed by atoms with van der Waals surface area (Å²) in [5, 5.41) is 27.4. The van der Waals surface area contributed by atoms with Crippen LogP contribution in [-0.2, 0) is 4.74 Å². The highest BCUT2D eigenvalue weighted by Crippen LogP contribution is 2.13. The molecule has 5 heteroatoms. The molecule has 5 nitrogen and oxygen atoms in total. The van der Waals surface area contributed by atoms with Gasteiger partial charge in [0.25, 0.3) is 0 Å². The average Bonchev–Trinajstić information content (AvgIpc) is 2.39. The molecule has 1 aromatic rings. The molecule has 0 aliphatic carbocycles. The van der Waals surface area contributed by atoms with E-state index >= 15 is 0 Å². The summed E-state index contributed by atoms with van der Waals surface area (Å²) in [7, 11) is 0. The van der Waals surface area contributed by atoms with E-state index in [0.29, 0.717) is 13.1 Å². The van der Waals surface area contributed by atoms with Crippen molar-refractivity contribution >= 4 is 5.69 Å². The summed E-state index contributed by atoms with van der Waals surface area (Å²) in [6, 6.07) is 9.60. The number of aliphatic hydroxyl groups is 3. The van der Waals surface area contributed by atoms with Crippen molar-refractivity contribution in [3.05, 3.63) is 30.3 Å². The van der Waals surface area contributed by atoms with Crippen LogP contribution in [0.1, 0.15) is 0 Å². The maximum atomic E-state index is 9.80. The molecular weight excluding hydrogens is 234 g/mol. The van der Waals surface area contributed by atoms with Crippen LogP contribution in [0.2, 0.25) is 0 Å². The summed E-state index contributed by atoms with van der Waals surface area (Å²) in [6.07, 6.45) is -0.650. The quantitative estimate of drug-likeness (QED) is 0.535. The van der Waals surface area contributed by atoms with Crippen molar-refractivity contribution in [2.24, 2.45) is 0 Å². The van der Waals surface area contributed by atoms with E-state index in [4.69, 9.17) is 14.9 Å². The number of anilines is 1. The van der Waals surface area contributed by atoms with Gasteiger partial charge in [-0.15, -0.1) is 0 Å². The van der Waals surface area contributed by atoms with E-state index in [1.165, 1.54) is 0 Å². The molecule has 0 saturated carbocycles. The predicted octanol–water partition coefficient (Wildman–Crippen LogP) is -0.145. The van der Waals surface area contributed by atoms with Gasteiger partial charge in [0.1, 0.15) is 0 Å². The molecule has 0 fully saturated rings. The summed E-state index contributed by atoms with van der Waals surface area (Å²) >= 11 is 0. The van der Waals surface area contributed by atoms with Crippen molar-refractivity contribution < 1.29 is 20.1 Å². The zero-order chi connectivity index (χ0) is 13.2. The number of rotatable bonds is 9. The van der Waals surface area contributed by atoms with E-state index in [0.717, 1.165) is 5.69 Å².